The maximum atomic E-state index is 12.0. The second-order valence-corrected chi connectivity index (χ2v) is 6.32. The van der Waals surface area contributed by atoms with Crippen LogP contribution in [-0.2, 0) is 4.79 Å². The second-order valence-electron chi connectivity index (χ2n) is 5.40. The second kappa shape index (κ2) is 7.45. The summed E-state index contributed by atoms with van der Waals surface area (Å²) in [6, 6.07) is 13.7. The van der Waals surface area contributed by atoms with Gasteiger partial charge in [0.25, 0.3) is 5.91 Å². The van der Waals surface area contributed by atoms with E-state index in [4.69, 9.17) is 4.74 Å². The number of benzene rings is 2. The third-order valence-corrected chi connectivity index (χ3v) is 3.91. The molecule has 0 aliphatic rings. The van der Waals surface area contributed by atoms with Crippen molar-refractivity contribution < 1.29 is 9.53 Å². The summed E-state index contributed by atoms with van der Waals surface area (Å²) in [6.07, 6.45) is 0. The molecule has 0 bridgehead atoms. The van der Waals surface area contributed by atoms with Gasteiger partial charge in [-0.1, -0.05) is 45.8 Å². The minimum Gasteiger partial charge on any atom is -0.484 e. The van der Waals surface area contributed by atoms with Crippen molar-refractivity contribution in [2.24, 2.45) is 0 Å². The molecule has 2 aromatic rings. The summed E-state index contributed by atoms with van der Waals surface area (Å²) < 4.78 is 6.59. The van der Waals surface area contributed by atoms with Gasteiger partial charge in [-0.2, -0.15) is 0 Å². The normalized spacial score (nSPS) is 11.8. The van der Waals surface area contributed by atoms with Gasteiger partial charge in [0.2, 0.25) is 0 Å². The van der Waals surface area contributed by atoms with Crippen LogP contribution in [0.3, 0.4) is 0 Å². The van der Waals surface area contributed by atoms with Crippen LogP contribution in [0.4, 0.5) is 0 Å². The standard InChI is InChI=1S/C18H20BrNO2/c1-12-7-8-17(13(2)9-12)22-11-18(21)20-14(3)15-5-4-6-16(19)10-15/h4-10,14H,11H2,1-3H3,(H,20,21). The van der Waals surface area contributed by atoms with Gasteiger partial charge in [0.15, 0.2) is 6.61 Å². The van der Waals surface area contributed by atoms with E-state index in [-0.39, 0.29) is 18.6 Å². The number of carbonyl (C=O) groups excluding carboxylic acids is 1. The van der Waals surface area contributed by atoms with E-state index < -0.39 is 0 Å². The minimum atomic E-state index is -0.132. The van der Waals surface area contributed by atoms with Crippen LogP contribution >= 0.6 is 15.9 Å². The predicted octanol–water partition coefficient (Wildman–Crippen LogP) is 4.32. The van der Waals surface area contributed by atoms with E-state index in [2.05, 4.69) is 21.2 Å². The highest BCUT2D eigenvalue weighted by Gasteiger charge is 2.11. The fraction of sp³-hybridized carbons (Fsp3) is 0.278. The molecule has 0 fully saturated rings. The van der Waals surface area contributed by atoms with Gasteiger partial charge in [0.1, 0.15) is 5.75 Å². The van der Waals surface area contributed by atoms with Crippen molar-refractivity contribution in [3.05, 3.63) is 63.6 Å². The Bertz CT molecular complexity index is 670. The lowest BCUT2D eigenvalue weighted by Gasteiger charge is -2.15. The van der Waals surface area contributed by atoms with Crippen LogP contribution < -0.4 is 10.1 Å². The molecule has 1 atom stereocenters. The molecule has 3 nitrogen and oxygen atoms in total. The first-order chi connectivity index (χ1) is 10.5. The van der Waals surface area contributed by atoms with Crippen molar-refractivity contribution in [2.75, 3.05) is 6.61 Å². The molecule has 1 unspecified atom stereocenters. The molecule has 2 aromatic carbocycles. The molecule has 0 saturated carbocycles. The van der Waals surface area contributed by atoms with Crippen LogP contribution in [0.15, 0.2) is 46.9 Å². The van der Waals surface area contributed by atoms with E-state index in [9.17, 15) is 4.79 Å². The molecule has 2 rings (SSSR count). The molecule has 0 aromatic heterocycles. The molecule has 0 spiro atoms. The number of nitrogens with one attached hydrogen (secondary N) is 1. The van der Waals surface area contributed by atoms with Crippen molar-refractivity contribution >= 4 is 21.8 Å². The Balaban J connectivity index is 1.90. The summed E-state index contributed by atoms with van der Waals surface area (Å²) >= 11 is 3.43. The molecule has 1 amide bonds. The first kappa shape index (κ1) is 16.6. The van der Waals surface area contributed by atoms with E-state index in [0.717, 1.165) is 21.3 Å². The predicted molar refractivity (Wildman–Crippen MR) is 92.1 cm³/mol. The van der Waals surface area contributed by atoms with Crippen molar-refractivity contribution in [1.29, 1.82) is 0 Å². The van der Waals surface area contributed by atoms with Crippen LogP contribution in [0.1, 0.15) is 29.7 Å². The van der Waals surface area contributed by atoms with E-state index in [1.165, 1.54) is 5.56 Å². The zero-order valence-electron chi connectivity index (χ0n) is 13.0. The van der Waals surface area contributed by atoms with E-state index in [1.54, 1.807) is 0 Å². The number of hydrogen-bond acceptors (Lipinski definition) is 2. The fourth-order valence-corrected chi connectivity index (χ4v) is 2.66. The first-order valence-corrected chi connectivity index (χ1v) is 8.00. The van der Waals surface area contributed by atoms with Crippen LogP contribution in [0.5, 0.6) is 5.75 Å². The Morgan fingerprint density at radius 2 is 2.00 bits per heavy atom. The molecular weight excluding hydrogens is 342 g/mol. The lowest BCUT2D eigenvalue weighted by Crippen LogP contribution is -2.31. The molecule has 22 heavy (non-hydrogen) atoms. The number of amides is 1. The molecule has 0 saturated heterocycles. The maximum Gasteiger partial charge on any atom is 0.258 e. The van der Waals surface area contributed by atoms with Gasteiger partial charge in [0.05, 0.1) is 6.04 Å². The highest BCUT2D eigenvalue weighted by molar-refractivity contribution is 9.10. The Labute approximate surface area is 139 Å². The SMILES string of the molecule is Cc1ccc(OCC(=O)NC(C)c2cccc(Br)c2)c(C)c1. The average Bonchev–Trinajstić information content (AvgIpc) is 2.46. The monoisotopic (exact) mass is 361 g/mol. The van der Waals surface area contributed by atoms with Crippen LogP contribution in [-0.4, -0.2) is 12.5 Å². The number of carbonyl (C=O) groups is 1. The van der Waals surface area contributed by atoms with Crippen LogP contribution in [0.2, 0.25) is 0 Å². The first-order valence-electron chi connectivity index (χ1n) is 7.20. The third-order valence-electron chi connectivity index (χ3n) is 3.42. The summed E-state index contributed by atoms with van der Waals surface area (Å²) in [6.45, 7) is 5.98. The molecule has 4 heteroatoms. The lowest BCUT2D eigenvalue weighted by atomic mass is 10.1. The lowest BCUT2D eigenvalue weighted by molar-refractivity contribution is -0.123. The zero-order valence-corrected chi connectivity index (χ0v) is 14.6. The molecule has 116 valence electrons. The highest BCUT2D eigenvalue weighted by atomic mass is 79.9. The topological polar surface area (TPSA) is 38.3 Å². The van der Waals surface area contributed by atoms with Gasteiger partial charge >= 0.3 is 0 Å². The zero-order chi connectivity index (χ0) is 16.1. The fourth-order valence-electron chi connectivity index (χ4n) is 2.25. The Morgan fingerprint density at radius 1 is 1.23 bits per heavy atom. The van der Waals surface area contributed by atoms with Gasteiger partial charge in [0, 0.05) is 4.47 Å². The van der Waals surface area contributed by atoms with Crippen molar-refractivity contribution in [3.8, 4) is 5.75 Å². The number of hydrogen-bond donors (Lipinski definition) is 1. The average molecular weight is 362 g/mol. The van der Waals surface area contributed by atoms with Gasteiger partial charge in [-0.05, 0) is 50.1 Å². The minimum absolute atomic E-state index is 0.0161. The summed E-state index contributed by atoms with van der Waals surface area (Å²) in [5.74, 6) is 0.614. The summed E-state index contributed by atoms with van der Waals surface area (Å²) in [5, 5.41) is 2.94. The van der Waals surface area contributed by atoms with Gasteiger partial charge in [-0.15, -0.1) is 0 Å². The van der Waals surface area contributed by atoms with Crippen molar-refractivity contribution in [1.82, 2.24) is 5.32 Å². The van der Waals surface area contributed by atoms with E-state index in [0.29, 0.717) is 0 Å². The Morgan fingerprint density at radius 3 is 2.68 bits per heavy atom. The highest BCUT2D eigenvalue weighted by Crippen LogP contribution is 2.19. The van der Waals surface area contributed by atoms with Crippen molar-refractivity contribution in [3.63, 3.8) is 0 Å². The molecule has 0 aliphatic heterocycles. The summed E-state index contributed by atoms with van der Waals surface area (Å²) in [7, 11) is 0. The third kappa shape index (κ3) is 4.60. The molecule has 0 heterocycles. The number of aryl methyl sites for hydroxylation is 2. The maximum absolute atomic E-state index is 12.0. The smallest absolute Gasteiger partial charge is 0.258 e. The largest absolute Gasteiger partial charge is 0.484 e. The molecule has 0 aliphatic carbocycles. The van der Waals surface area contributed by atoms with Crippen LogP contribution in [0.25, 0.3) is 0 Å². The Hall–Kier alpha value is -1.81. The van der Waals surface area contributed by atoms with E-state index >= 15 is 0 Å². The number of rotatable bonds is 5. The summed E-state index contributed by atoms with van der Waals surface area (Å²) in [5.41, 5.74) is 3.26. The van der Waals surface area contributed by atoms with Crippen LogP contribution in [0, 0.1) is 13.8 Å². The van der Waals surface area contributed by atoms with Crippen molar-refractivity contribution in [2.45, 2.75) is 26.8 Å². The van der Waals surface area contributed by atoms with Gasteiger partial charge in [-0.25, -0.2) is 0 Å². The number of halogens is 1. The molecular formula is C18H20BrNO2. The summed E-state index contributed by atoms with van der Waals surface area (Å²) in [4.78, 5) is 12.0. The van der Waals surface area contributed by atoms with Gasteiger partial charge < -0.3 is 10.1 Å². The van der Waals surface area contributed by atoms with E-state index in [1.807, 2.05) is 63.2 Å². The number of ether oxygens (including phenoxy) is 1. The Kier molecular flexibility index (Phi) is 5.61. The molecule has 0 radical (unpaired) electrons. The quantitative estimate of drug-likeness (QED) is 0.860. The van der Waals surface area contributed by atoms with Gasteiger partial charge in [-0.3, -0.25) is 4.79 Å². The molecule has 1 N–H and O–H groups in total.